The van der Waals surface area contributed by atoms with Crippen molar-refractivity contribution < 1.29 is 18.7 Å². The molecule has 0 atom stereocenters. The fourth-order valence-corrected chi connectivity index (χ4v) is 4.08. The maximum absolute atomic E-state index is 15.2. The Morgan fingerprint density at radius 1 is 1.11 bits per heavy atom. The van der Waals surface area contributed by atoms with Gasteiger partial charge >= 0.3 is 0 Å². The molecule has 3 aromatic carbocycles. The number of carbonyl (C=O) groups is 2. The van der Waals surface area contributed by atoms with E-state index in [0.717, 1.165) is 5.39 Å². The molecule has 0 saturated carbocycles. The molecule has 2 amide bonds. The van der Waals surface area contributed by atoms with Crippen molar-refractivity contribution in [2.24, 2.45) is 0 Å². The Morgan fingerprint density at radius 3 is 2.68 bits per heavy atom. The first-order valence-electron chi connectivity index (χ1n) is 11.5. The molecule has 0 aliphatic rings. The summed E-state index contributed by atoms with van der Waals surface area (Å²) in [7, 11) is 1.77. The quantitative estimate of drug-likeness (QED) is 0.210. The van der Waals surface area contributed by atoms with Gasteiger partial charge in [0.1, 0.15) is 11.4 Å². The summed E-state index contributed by atoms with van der Waals surface area (Å²) < 4.78 is 20.8. The van der Waals surface area contributed by atoms with E-state index in [2.05, 4.69) is 20.9 Å². The van der Waals surface area contributed by atoms with Crippen LogP contribution in [0.25, 0.3) is 10.9 Å². The smallest absolute Gasteiger partial charge is 0.267 e. The molecule has 0 bridgehead atoms. The van der Waals surface area contributed by atoms with Gasteiger partial charge < -0.3 is 25.7 Å². The number of nitrogens with one attached hydrogen (secondary N) is 4. The monoisotopic (exact) mass is 553 g/mol. The number of fused-ring (bicyclic) bond motifs is 1. The number of ether oxygens (including phenoxy) is 1. The molecule has 4 rings (SSSR count). The van der Waals surface area contributed by atoms with Crippen molar-refractivity contribution in [3.05, 3.63) is 87.3 Å². The number of anilines is 1. The first kappa shape index (κ1) is 26.9. The van der Waals surface area contributed by atoms with Gasteiger partial charge in [-0.3, -0.25) is 9.59 Å². The number of amides is 2. The standard InChI is InChI=1S/C27H22Cl2FN5O3/c1-32-7-6-24(36)34-19-3-5-22-17(10-19)11-23(35-22)27(37)33-14-16-2-4-21(29)26(25(16)30)38-20-9-15(13-31)8-18(28)12-20/h2-5,8-12,32,35H,6-7,14H2,1H3,(H,33,37)(H,34,36). The Hall–Kier alpha value is -4.10. The van der Waals surface area contributed by atoms with Gasteiger partial charge in [-0.15, -0.1) is 0 Å². The molecule has 194 valence electrons. The highest BCUT2D eigenvalue weighted by molar-refractivity contribution is 6.32. The molecule has 8 nitrogen and oxygen atoms in total. The van der Waals surface area contributed by atoms with Gasteiger partial charge in [-0.25, -0.2) is 4.39 Å². The summed E-state index contributed by atoms with van der Waals surface area (Å²) in [6, 6.07) is 16.0. The lowest BCUT2D eigenvalue weighted by Crippen LogP contribution is -2.23. The van der Waals surface area contributed by atoms with E-state index >= 15 is 4.39 Å². The van der Waals surface area contributed by atoms with Crippen molar-refractivity contribution in [2.45, 2.75) is 13.0 Å². The Balaban J connectivity index is 1.46. The van der Waals surface area contributed by atoms with Crippen LogP contribution in [0.15, 0.2) is 54.6 Å². The van der Waals surface area contributed by atoms with Crippen LogP contribution in [-0.4, -0.2) is 30.4 Å². The van der Waals surface area contributed by atoms with E-state index in [0.29, 0.717) is 24.2 Å². The highest BCUT2D eigenvalue weighted by Gasteiger charge is 2.17. The zero-order chi connectivity index (χ0) is 27.2. The van der Waals surface area contributed by atoms with Crippen LogP contribution in [0.3, 0.4) is 0 Å². The molecule has 0 radical (unpaired) electrons. The highest BCUT2D eigenvalue weighted by atomic mass is 35.5. The van der Waals surface area contributed by atoms with Crippen LogP contribution in [0, 0.1) is 17.1 Å². The second-order valence-corrected chi connectivity index (χ2v) is 9.15. The van der Waals surface area contributed by atoms with Crippen molar-refractivity contribution in [1.82, 2.24) is 15.6 Å². The predicted molar refractivity (Wildman–Crippen MR) is 144 cm³/mol. The minimum atomic E-state index is -0.758. The molecule has 0 aliphatic heterocycles. The van der Waals surface area contributed by atoms with E-state index in [4.69, 9.17) is 33.2 Å². The van der Waals surface area contributed by atoms with Crippen LogP contribution >= 0.6 is 23.2 Å². The molecule has 0 fully saturated rings. The van der Waals surface area contributed by atoms with Crippen molar-refractivity contribution >= 4 is 51.6 Å². The van der Waals surface area contributed by atoms with Gasteiger partial charge in [0.25, 0.3) is 5.91 Å². The number of hydrogen-bond acceptors (Lipinski definition) is 5. The van der Waals surface area contributed by atoms with E-state index in [1.165, 1.54) is 30.3 Å². The van der Waals surface area contributed by atoms with E-state index in [9.17, 15) is 9.59 Å². The number of carbonyl (C=O) groups excluding carboxylic acids is 2. The number of aromatic amines is 1. The number of aromatic nitrogens is 1. The van der Waals surface area contributed by atoms with Crippen molar-refractivity contribution in [3.8, 4) is 17.6 Å². The van der Waals surface area contributed by atoms with E-state index in [1.807, 2.05) is 6.07 Å². The van der Waals surface area contributed by atoms with Crippen LogP contribution in [-0.2, 0) is 11.3 Å². The van der Waals surface area contributed by atoms with Gasteiger partial charge in [-0.2, -0.15) is 5.26 Å². The van der Waals surface area contributed by atoms with Crippen LogP contribution in [0.4, 0.5) is 10.1 Å². The molecule has 0 spiro atoms. The second kappa shape index (κ2) is 12.0. The third-order valence-electron chi connectivity index (χ3n) is 5.54. The third kappa shape index (κ3) is 6.42. The fraction of sp³-hybridized carbons (Fsp3) is 0.148. The minimum Gasteiger partial charge on any atom is -0.453 e. The summed E-state index contributed by atoms with van der Waals surface area (Å²) >= 11 is 12.2. The molecular weight excluding hydrogens is 532 g/mol. The van der Waals surface area contributed by atoms with E-state index in [1.54, 1.807) is 31.3 Å². The summed E-state index contributed by atoms with van der Waals surface area (Å²) in [6.45, 7) is 0.423. The SMILES string of the molecule is CNCCC(=O)Nc1ccc2[nH]c(C(=O)NCc3ccc(Cl)c(Oc4cc(Cl)cc(C#N)c4)c3F)cc2c1. The first-order valence-corrected chi connectivity index (χ1v) is 12.2. The van der Waals surface area contributed by atoms with Gasteiger partial charge in [0.15, 0.2) is 11.6 Å². The summed E-state index contributed by atoms with van der Waals surface area (Å²) in [5, 5.41) is 18.5. The molecule has 38 heavy (non-hydrogen) atoms. The van der Waals surface area contributed by atoms with E-state index in [-0.39, 0.29) is 50.8 Å². The number of halogens is 3. The lowest BCUT2D eigenvalue weighted by atomic mass is 10.2. The molecule has 1 aromatic heterocycles. The molecular formula is C27H22Cl2FN5O3. The van der Waals surface area contributed by atoms with Crippen molar-refractivity contribution in [3.63, 3.8) is 0 Å². The normalized spacial score (nSPS) is 10.7. The first-order chi connectivity index (χ1) is 18.3. The van der Waals surface area contributed by atoms with Gasteiger partial charge in [-0.1, -0.05) is 29.3 Å². The Labute approximate surface area is 227 Å². The van der Waals surface area contributed by atoms with Gasteiger partial charge in [0.05, 0.1) is 16.7 Å². The highest BCUT2D eigenvalue weighted by Crippen LogP contribution is 2.35. The third-order valence-corrected chi connectivity index (χ3v) is 6.06. The summed E-state index contributed by atoms with van der Waals surface area (Å²) in [5.74, 6) is -1.44. The topological polar surface area (TPSA) is 119 Å². The molecule has 4 aromatic rings. The van der Waals surface area contributed by atoms with Gasteiger partial charge in [0.2, 0.25) is 5.91 Å². The van der Waals surface area contributed by atoms with Crippen molar-refractivity contribution in [2.75, 3.05) is 18.9 Å². The number of nitrogens with zero attached hydrogens (tertiary/aromatic N) is 1. The van der Waals surface area contributed by atoms with E-state index < -0.39 is 11.7 Å². The average molecular weight is 554 g/mol. The summed E-state index contributed by atoms with van der Waals surface area (Å²) in [5.41, 5.74) is 1.97. The van der Waals surface area contributed by atoms with Crippen LogP contribution < -0.4 is 20.7 Å². The Bertz CT molecular complexity index is 1560. The lowest BCUT2D eigenvalue weighted by Gasteiger charge is -2.13. The fourth-order valence-electron chi connectivity index (χ4n) is 3.67. The Kier molecular flexibility index (Phi) is 8.48. The van der Waals surface area contributed by atoms with Crippen LogP contribution in [0.1, 0.15) is 28.0 Å². The van der Waals surface area contributed by atoms with Gasteiger partial charge in [0, 0.05) is 46.7 Å². The predicted octanol–water partition coefficient (Wildman–Crippen LogP) is 5.76. The maximum atomic E-state index is 15.2. The second-order valence-electron chi connectivity index (χ2n) is 8.31. The number of benzene rings is 3. The minimum absolute atomic E-state index is 0.0144. The number of nitriles is 1. The summed E-state index contributed by atoms with van der Waals surface area (Å²) in [6.07, 6.45) is 0.337. The largest absolute Gasteiger partial charge is 0.453 e. The molecule has 0 aliphatic carbocycles. The number of rotatable bonds is 9. The van der Waals surface area contributed by atoms with Crippen LogP contribution in [0.5, 0.6) is 11.5 Å². The zero-order valence-corrected chi connectivity index (χ0v) is 21.6. The maximum Gasteiger partial charge on any atom is 0.267 e. The van der Waals surface area contributed by atoms with Gasteiger partial charge in [-0.05, 0) is 55.6 Å². The zero-order valence-electron chi connectivity index (χ0n) is 20.1. The van der Waals surface area contributed by atoms with Crippen molar-refractivity contribution in [1.29, 1.82) is 5.26 Å². The Morgan fingerprint density at radius 2 is 1.92 bits per heavy atom. The molecule has 1 heterocycles. The van der Waals surface area contributed by atoms with Crippen LogP contribution in [0.2, 0.25) is 10.0 Å². The summed E-state index contributed by atoms with van der Waals surface area (Å²) in [4.78, 5) is 27.8. The molecule has 0 unspecified atom stereocenters. The molecule has 0 saturated heterocycles. The number of hydrogen-bond donors (Lipinski definition) is 4. The lowest BCUT2D eigenvalue weighted by molar-refractivity contribution is -0.116. The molecule has 4 N–H and O–H groups in total. The number of H-pyrrole nitrogens is 1. The average Bonchev–Trinajstić information content (AvgIpc) is 3.32. The molecule has 11 heteroatoms.